The van der Waals surface area contributed by atoms with E-state index in [0.717, 1.165) is 10.9 Å². The van der Waals surface area contributed by atoms with Crippen molar-refractivity contribution in [3.8, 4) is 11.5 Å². The van der Waals surface area contributed by atoms with Crippen LogP contribution in [0.25, 0.3) is 10.9 Å². The highest BCUT2D eigenvalue weighted by Gasteiger charge is 2.15. The van der Waals surface area contributed by atoms with E-state index < -0.39 is 5.97 Å². The number of hydrogen-bond acceptors (Lipinski definition) is 4. The van der Waals surface area contributed by atoms with Gasteiger partial charge in [0, 0.05) is 22.7 Å². The lowest BCUT2D eigenvalue weighted by Crippen LogP contribution is -2.14. The molecule has 0 fully saturated rings. The van der Waals surface area contributed by atoms with Gasteiger partial charge >= 0.3 is 5.97 Å². The van der Waals surface area contributed by atoms with E-state index in [9.17, 15) is 9.59 Å². The van der Waals surface area contributed by atoms with Crippen LogP contribution in [0.5, 0.6) is 11.5 Å². The topological polar surface area (TPSA) is 68.4 Å². The molecule has 0 radical (unpaired) electrons. The number of nitrogens with one attached hydrogen (secondary N) is 1. The monoisotopic (exact) mass is 371 g/mol. The number of Topliss-reactive ketones (excluding diaryl/α,β-unsaturated/α-hetero) is 1. The van der Waals surface area contributed by atoms with Gasteiger partial charge < -0.3 is 14.5 Å². The van der Waals surface area contributed by atoms with E-state index in [0.29, 0.717) is 22.6 Å². The maximum absolute atomic E-state index is 12.4. The van der Waals surface area contributed by atoms with Crippen LogP contribution in [0.15, 0.2) is 85.1 Å². The number of carbonyl (C=O) groups is 2. The number of rotatable bonds is 6. The summed E-state index contributed by atoms with van der Waals surface area (Å²) in [5, 5.41) is 0.811. The van der Waals surface area contributed by atoms with Crippen molar-refractivity contribution in [3.63, 3.8) is 0 Å². The highest BCUT2D eigenvalue weighted by Crippen LogP contribution is 2.22. The van der Waals surface area contributed by atoms with Crippen molar-refractivity contribution < 1.29 is 19.1 Å². The summed E-state index contributed by atoms with van der Waals surface area (Å²) < 4.78 is 10.9. The van der Waals surface area contributed by atoms with Crippen molar-refractivity contribution in [3.05, 3.63) is 96.2 Å². The fourth-order valence-corrected chi connectivity index (χ4v) is 2.88. The summed E-state index contributed by atoms with van der Waals surface area (Å²) in [5.74, 6) is 0.508. The molecule has 0 saturated carbocycles. The third kappa shape index (κ3) is 3.78. The van der Waals surface area contributed by atoms with Crippen LogP contribution in [0.3, 0.4) is 0 Å². The number of hydrogen-bond donors (Lipinski definition) is 1. The third-order valence-corrected chi connectivity index (χ3v) is 4.29. The first-order valence-corrected chi connectivity index (χ1v) is 8.80. The molecule has 5 nitrogen and oxygen atoms in total. The number of H-pyrrole nitrogens is 1. The van der Waals surface area contributed by atoms with Crippen molar-refractivity contribution in [2.45, 2.75) is 0 Å². The number of aromatic nitrogens is 1. The molecule has 1 N–H and O–H groups in total. The number of esters is 1. The Morgan fingerprint density at radius 2 is 1.46 bits per heavy atom. The first-order chi connectivity index (χ1) is 13.7. The van der Waals surface area contributed by atoms with E-state index in [2.05, 4.69) is 4.98 Å². The van der Waals surface area contributed by atoms with Crippen LogP contribution in [0.4, 0.5) is 0 Å². The van der Waals surface area contributed by atoms with Crippen LogP contribution in [0.1, 0.15) is 20.7 Å². The molecule has 0 saturated heterocycles. The maximum Gasteiger partial charge on any atom is 0.338 e. The molecule has 0 amide bonds. The molecule has 0 spiro atoms. The zero-order valence-corrected chi connectivity index (χ0v) is 14.9. The smallest absolute Gasteiger partial charge is 0.338 e. The van der Waals surface area contributed by atoms with Gasteiger partial charge in [-0.15, -0.1) is 0 Å². The predicted molar refractivity (Wildman–Crippen MR) is 106 cm³/mol. The SMILES string of the molecule is O=C(OCC(=O)c1c[nH]c2ccccc12)c1ccc(Oc2ccccc2)cc1. The zero-order chi connectivity index (χ0) is 19.3. The van der Waals surface area contributed by atoms with Crippen molar-refractivity contribution in [1.29, 1.82) is 0 Å². The molecule has 0 aliphatic heterocycles. The van der Waals surface area contributed by atoms with Gasteiger partial charge in [-0.1, -0.05) is 36.4 Å². The van der Waals surface area contributed by atoms with E-state index >= 15 is 0 Å². The van der Waals surface area contributed by atoms with Crippen molar-refractivity contribution in [2.24, 2.45) is 0 Å². The standard InChI is InChI=1S/C23H17NO4/c25-22(20-14-24-21-9-5-4-8-19(20)21)15-27-23(26)16-10-12-18(13-11-16)28-17-6-2-1-3-7-17/h1-14,24H,15H2. The van der Waals surface area contributed by atoms with Gasteiger partial charge in [0.2, 0.25) is 5.78 Å². The lowest BCUT2D eigenvalue weighted by atomic mass is 10.1. The minimum Gasteiger partial charge on any atom is -0.457 e. The van der Waals surface area contributed by atoms with E-state index in [1.165, 1.54) is 0 Å². The zero-order valence-electron chi connectivity index (χ0n) is 14.9. The number of aromatic amines is 1. The highest BCUT2D eigenvalue weighted by molar-refractivity contribution is 6.09. The molecule has 3 aromatic carbocycles. The molecule has 1 heterocycles. The summed E-state index contributed by atoms with van der Waals surface area (Å²) in [7, 11) is 0. The van der Waals surface area contributed by atoms with Crippen LogP contribution in [-0.4, -0.2) is 23.3 Å². The normalized spacial score (nSPS) is 10.6. The summed E-state index contributed by atoms with van der Waals surface area (Å²) in [6.45, 7) is -0.317. The predicted octanol–water partition coefficient (Wildman–Crippen LogP) is 5.00. The minimum absolute atomic E-state index is 0.255. The summed E-state index contributed by atoms with van der Waals surface area (Å²) >= 11 is 0. The van der Waals surface area contributed by atoms with Crippen molar-refractivity contribution in [2.75, 3.05) is 6.61 Å². The number of para-hydroxylation sites is 2. The Labute approximate surface area is 161 Å². The first kappa shape index (κ1) is 17.5. The number of fused-ring (bicyclic) bond motifs is 1. The summed E-state index contributed by atoms with van der Waals surface area (Å²) in [5.41, 5.74) is 1.73. The molecular weight excluding hydrogens is 354 g/mol. The van der Waals surface area contributed by atoms with E-state index in [1.807, 2.05) is 54.6 Å². The average molecular weight is 371 g/mol. The Kier molecular flexibility index (Phi) is 4.89. The average Bonchev–Trinajstić information content (AvgIpc) is 3.17. The molecule has 0 atom stereocenters. The second-order valence-electron chi connectivity index (χ2n) is 6.19. The Bertz CT molecular complexity index is 1110. The quantitative estimate of drug-likeness (QED) is 0.382. The van der Waals surface area contributed by atoms with Crippen LogP contribution in [-0.2, 0) is 4.74 Å². The molecular formula is C23H17NO4. The van der Waals surface area contributed by atoms with Crippen LogP contribution in [0.2, 0.25) is 0 Å². The number of benzene rings is 3. The molecule has 5 heteroatoms. The largest absolute Gasteiger partial charge is 0.457 e. The van der Waals surface area contributed by atoms with Crippen molar-refractivity contribution >= 4 is 22.7 Å². The second-order valence-corrected chi connectivity index (χ2v) is 6.19. The fourth-order valence-electron chi connectivity index (χ4n) is 2.88. The summed E-state index contributed by atoms with van der Waals surface area (Å²) in [6.07, 6.45) is 1.64. The summed E-state index contributed by atoms with van der Waals surface area (Å²) in [4.78, 5) is 27.7. The first-order valence-electron chi connectivity index (χ1n) is 8.80. The van der Waals surface area contributed by atoms with Gasteiger partial charge in [-0.2, -0.15) is 0 Å². The second kappa shape index (κ2) is 7.80. The van der Waals surface area contributed by atoms with Gasteiger partial charge in [0.15, 0.2) is 6.61 Å². The number of ketones is 1. The molecule has 0 unspecified atom stereocenters. The number of carbonyl (C=O) groups excluding carboxylic acids is 2. The van der Waals surface area contributed by atoms with Crippen molar-refractivity contribution in [1.82, 2.24) is 4.98 Å². The van der Waals surface area contributed by atoms with Crippen LogP contribution >= 0.6 is 0 Å². The highest BCUT2D eigenvalue weighted by atomic mass is 16.5. The lowest BCUT2D eigenvalue weighted by molar-refractivity contribution is 0.0475. The van der Waals surface area contributed by atoms with E-state index in [4.69, 9.17) is 9.47 Å². The fraction of sp³-hybridized carbons (Fsp3) is 0.0435. The van der Waals surface area contributed by atoms with E-state index in [-0.39, 0.29) is 12.4 Å². The lowest BCUT2D eigenvalue weighted by Gasteiger charge is -2.07. The maximum atomic E-state index is 12.4. The molecule has 138 valence electrons. The van der Waals surface area contributed by atoms with Gasteiger partial charge in [0.25, 0.3) is 0 Å². The third-order valence-electron chi connectivity index (χ3n) is 4.29. The molecule has 4 rings (SSSR count). The Morgan fingerprint density at radius 3 is 2.25 bits per heavy atom. The van der Waals surface area contributed by atoms with Gasteiger partial charge in [-0.05, 0) is 42.5 Å². The number of ether oxygens (including phenoxy) is 2. The van der Waals surface area contributed by atoms with Crippen LogP contribution < -0.4 is 4.74 Å². The molecule has 0 aliphatic carbocycles. The van der Waals surface area contributed by atoms with E-state index in [1.54, 1.807) is 30.5 Å². The molecule has 4 aromatic rings. The Hall–Kier alpha value is -3.86. The Morgan fingerprint density at radius 1 is 0.786 bits per heavy atom. The molecule has 0 aliphatic rings. The molecule has 0 bridgehead atoms. The Balaban J connectivity index is 1.37. The van der Waals surface area contributed by atoms with Gasteiger partial charge in [0.1, 0.15) is 11.5 Å². The van der Waals surface area contributed by atoms with Crippen LogP contribution in [0, 0.1) is 0 Å². The molecule has 28 heavy (non-hydrogen) atoms. The van der Waals surface area contributed by atoms with Gasteiger partial charge in [-0.3, -0.25) is 4.79 Å². The minimum atomic E-state index is -0.556. The van der Waals surface area contributed by atoms with Gasteiger partial charge in [-0.25, -0.2) is 4.79 Å². The summed E-state index contributed by atoms with van der Waals surface area (Å²) in [6, 6.07) is 23.4. The van der Waals surface area contributed by atoms with Gasteiger partial charge in [0.05, 0.1) is 5.56 Å². The molecule has 1 aromatic heterocycles.